The molecule has 0 spiro atoms. The molecule has 0 aliphatic carbocycles. The number of hydrogen-bond acceptors (Lipinski definition) is 5. The van der Waals surface area contributed by atoms with Gasteiger partial charge in [0, 0.05) is 0 Å². The maximum Gasteiger partial charge on any atom is 0.183 e. The van der Waals surface area contributed by atoms with Crippen molar-refractivity contribution in [3.8, 4) is 0 Å². The zero-order valence-electron chi connectivity index (χ0n) is 7.64. The summed E-state index contributed by atoms with van der Waals surface area (Å²) in [4.78, 5) is 0. The first-order chi connectivity index (χ1) is 5.99. The number of hydrogen-bond donors (Lipinski definition) is 2. The average molecular weight is 190 g/mol. The summed E-state index contributed by atoms with van der Waals surface area (Å²) in [6.45, 7) is 3.79. The van der Waals surface area contributed by atoms with Crippen LogP contribution in [0.25, 0.3) is 0 Å². The Morgan fingerprint density at radius 3 is 2.62 bits per heavy atom. The van der Waals surface area contributed by atoms with E-state index in [-0.39, 0.29) is 12.7 Å². The third kappa shape index (κ3) is 1.58. The Bertz CT molecular complexity index is 205. The molecule has 4 atom stereocenters. The van der Waals surface area contributed by atoms with Gasteiger partial charge in [-0.2, -0.15) is 0 Å². The molecule has 5 nitrogen and oxygen atoms in total. The van der Waals surface area contributed by atoms with E-state index in [0.717, 1.165) is 0 Å². The van der Waals surface area contributed by atoms with Crippen LogP contribution in [-0.4, -0.2) is 47.2 Å². The van der Waals surface area contributed by atoms with Gasteiger partial charge in [-0.1, -0.05) is 0 Å². The number of rotatable bonds is 0. The Morgan fingerprint density at radius 1 is 1.23 bits per heavy atom. The van der Waals surface area contributed by atoms with Crippen molar-refractivity contribution < 1.29 is 24.4 Å². The molecule has 0 unspecified atom stereocenters. The smallest absolute Gasteiger partial charge is 0.183 e. The molecule has 2 saturated heterocycles. The monoisotopic (exact) mass is 190 g/mol. The van der Waals surface area contributed by atoms with Gasteiger partial charge in [-0.05, 0) is 13.8 Å². The summed E-state index contributed by atoms with van der Waals surface area (Å²) in [5.74, 6) is -0.705. The fourth-order valence-corrected chi connectivity index (χ4v) is 1.74. The molecule has 2 aliphatic heterocycles. The third-order valence-corrected chi connectivity index (χ3v) is 2.28. The molecule has 5 heteroatoms. The summed E-state index contributed by atoms with van der Waals surface area (Å²) in [5.41, 5.74) is 0. The van der Waals surface area contributed by atoms with Crippen molar-refractivity contribution in [2.24, 2.45) is 0 Å². The zero-order chi connectivity index (χ0) is 9.64. The summed E-state index contributed by atoms with van der Waals surface area (Å²) in [6, 6.07) is 0. The first-order valence-corrected chi connectivity index (χ1v) is 4.33. The molecule has 0 aromatic rings. The van der Waals surface area contributed by atoms with Gasteiger partial charge < -0.3 is 24.4 Å². The minimum absolute atomic E-state index is 0.256. The van der Waals surface area contributed by atoms with Crippen LogP contribution < -0.4 is 0 Å². The molecule has 2 heterocycles. The van der Waals surface area contributed by atoms with Gasteiger partial charge in [-0.25, -0.2) is 0 Å². The van der Waals surface area contributed by atoms with Crippen LogP contribution in [0.1, 0.15) is 13.8 Å². The lowest BCUT2D eigenvalue weighted by molar-refractivity contribution is -0.230. The Morgan fingerprint density at radius 2 is 1.92 bits per heavy atom. The molecule has 2 aliphatic rings. The molecular formula is C8H14O5. The van der Waals surface area contributed by atoms with E-state index in [1.54, 1.807) is 13.8 Å². The van der Waals surface area contributed by atoms with Crippen molar-refractivity contribution in [2.75, 3.05) is 6.61 Å². The van der Waals surface area contributed by atoms with Crippen LogP contribution in [0.3, 0.4) is 0 Å². The van der Waals surface area contributed by atoms with Crippen LogP contribution in [0.15, 0.2) is 0 Å². The SMILES string of the molecule is CC1(C)O[C@H]2[C@H](O)[C@H](O)OC[C@H]2O1. The molecule has 0 radical (unpaired) electrons. The molecule has 0 saturated carbocycles. The standard InChI is InChI=1S/C8H14O5/c1-8(2)12-4-3-11-7(10)5(9)6(4)13-8/h4-7,9-10H,3H2,1-2H3/t4-,5+,6-,7-/m1/s1. The summed E-state index contributed by atoms with van der Waals surface area (Å²) in [5, 5.41) is 18.7. The summed E-state index contributed by atoms with van der Waals surface area (Å²) in [6.07, 6.45) is -2.97. The van der Waals surface area contributed by atoms with Crippen molar-refractivity contribution in [1.29, 1.82) is 0 Å². The Balaban J connectivity index is 2.11. The van der Waals surface area contributed by atoms with Crippen molar-refractivity contribution >= 4 is 0 Å². The van der Waals surface area contributed by atoms with E-state index >= 15 is 0 Å². The van der Waals surface area contributed by atoms with Crippen LogP contribution in [0.4, 0.5) is 0 Å². The second kappa shape index (κ2) is 2.90. The van der Waals surface area contributed by atoms with Gasteiger partial charge in [-0.15, -0.1) is 0 Å². The van der Waals surface area contributed by atoms with E-state index in [4.69, 9.17) is 14.2 Å². The largest absolute Gasteiger partial charge is 0.385 e. The lowest BCUT2D eigenvalue weighted by atomic mass is 10.1. The fraction of sp³-hybridized carbons (Fsp3) is 1.00. The van der Waals surface area contributed by atoms with Crippen LogP contribution in [-0.2, 0) is 14.2 Å². The fourth-order valence-electron chi connectivity index (χ4n) is 1.74. The number of aliphatic hydroxyl groups is 2. The maximum absolute atomic E-state index is 9.50. The lowest BCUT2D eigenvalue weighted by Gasteiger charge is -2.31. The molecule has 2 fully saturated rings. The highest BCUT2D eigenvalue weighted by Gasteiger charge is 2.50. The predicted octanol–water partition coefficient (Wildman–Crippen LogP) is -0.784. The van der Waals surface area contributed by atoms with Gasteiger partial charge in [0.15, 0.2) is 12.1 Å². The van der Waals surface area contributed by atoms with E-state index in [1.165, 1.54) is 0 Å². The highest BCUT2D eigenvalue weighted by atomic mass is 16.8. The third-order valence-electron chi connectivity index (χ3n) is 2.28. The molecule has 13 heavy (non-hydrogen) atoms. The Hall–Kier alpha value is -0.200. The number of ether oxygens (including phenoxy) is 3. The summed E-state index contributed by atoms with van der Waals surface area (Å²) < 4.78 is 15.8. The van der Waals surface area contributed by atoms with Crippen molar-refractivity contribution in [1.82, 2.24) is 0 Å². The van der Waals surface area contributed by atoms with Gasteiger partial charge >= 0.3 is 0 Å². The Labute approximate surface area is 76.2 Å². The van der Waals surface area contributed by atoms with Gasteiger partial charge in [0.05, 0.1) is 6.61 Å². The molecule has 0 amide bonds. The lowest BCUT2D eigenvalue weighted by Crippen LogP contribution is -2.51. The minimum Gasteiger partial charge on any atom is -0.385 e. The first kappa shape index (κ1) is 9.36. The molecule has 2 N–H and O–H groups in total. The molecule has 0 aromatic heterocycles. The predicted molar refractivity (Wildman–Crippen MR) is 41.8 cm³/mol. The second-order valence-corrected chi connectivity index (χ2v) is 3.85. The molecule has 0 bridgehead atoms. The maximum atomic E-state index is 9.50. The number of fused-ring (bicyclic) bond motifs is 1. The van der Waals surface area contributed by atoms with E-state index in [0.29, 0.717) is 0 Å². The van der Waals surface area contributed by atoms with E-state index < -0.39 is 24.3 Å². The van der Waals surface area contributed by atoms with Crippen molar-refractivity contribution in [2.45, 2.75) is 44.2 Å². The van der Waals surface area contributed by atoms with Gasteiger partial charge in [-0.3, -0.25) is 0 Å². The van der Waals surface area contributed by atoms with E-state index in [1.807, 2.05) is 0 Å². The minimum atomic E-state index is -1.17. The van der Waals surface area contributed by atoms with Crippen LogP contribution >= 0.6 is 0 Å². The zero-order valence-corrected chi connectivity index (χ0v) is 7.64. The van der Waals surface area contributed by atoms with Crippen LogP contribution in [0, 0.1) is 0 Å². The molecule has 0 aromatic carbocycles. The summed E-state index contributed by atoms with van der Waals surface area (Å²) >= 11 is 0. The number of aliphatic hydroxyl groups excluding tert-OH is 2. The molecule has 76 valence electrons. The molecular weight excluding hydrogens is 176 g/mol. The van der Waals surface area contributed by atoms with E-state index in [9.17, 15) is 10.2 Å². The molecule has 2 rings (SSSR count). The van der Waals surface area contributed by atoms with Crippen LogP contribution in [0.5, 0.6) is 0 Å². The Kier molecular flexibility index (Phi) is 2.08. The van der Waals surface area contributed by atoms with Gasteiger partial charge in [0.2, 0.25) is 0 Å². The first-order valence-electron chi connectivity index (χ1n) is 4.33. The second-order valence-electron chi connectivity index (χ2n) is 3.85. The van der Waals surface area contributed by atoms with Gasteiger partial charge in [0.1, 0.15) is 18.3 Å². The summed E-state index contributed by atoms with van der Waals surface area (Å²) in [7, 11) is 0. The van der Waals surface area contributed by atoms with Crippen molar-refractivity contribution in [3.63, 3.8) is 0 Å². The van der Waals surface area contributed by atoms with Crippen LogP contribution in [0.2, 0.25) is 0 Å². The highest BCUT2D eigenvalue weighted by molar-refractivity contribution is 4.90. The highest BCUT2D eigenvalue weighted by Crippen LogP contribution is 2.33. The van der Waals surface area contributed by atoms with E-state index in [2.05, 4.69) is 0 Å². The van der Waals surface area contributed by atoms with Gasteiger partial charge in [0.25, 0.3) is 0 Å². The topological polar surface area (TPSA) is 68.2 Å². The van der Waals surface area contributed by atoms with Crippen molar-refractivity contribution in [3.05, 3.63) is 0 Å². The average Bonchev–Trinajstić information content (AvgIpc) is 2.34. The normalized spacial score (nSPS) is 48.9. The quantitative estimate of drug-likeness (QED) is 0.524.